The monoisotopic (exact) mass is 500 g/mol. The number of fused-ring (bicyclic) bond motifs is 1. The first-order valence-corrected chi connectivity index (χ1v) is 12.8. The van der Waals surface area contributed by atoms with Crippen LogP contribution >= 0.6 is 0 Å². The van der Waals surface area contributed by atoms with Crippen molar-refractivity contribution < 1.29 is 24.2 Å². The first kappa shape index (κ1) is 27.9. The molecule has 9 heteroatoms. The molecule has 0 radical (unpaired) electrons. The Morgan fingerprint density at radius 1 is 1.31 bits per heavy atom. The molecule has 0 spiro atoms. The molecule has 2 amide bonds. The van der Waals surface area contributed by atoms with Crippen molar-refractivity contribution in [2.45, 2.75) is 46.3 Å². The van der Waals surface area contributed by atoms with Crippen molar-refractivity contribution in [3.8, 4) is 17.7 Å². The minimum Gasteiger partial charge on any atom is -0.472 e. The summed E-state index contributed by atoms with van der Waals surface area (Å²) >= 11 is 0. The highest BCUT2D eigenvalue weighted by Gasteiger charge is 2.34. The van der Waals surface area contributed by atoms with E-state index >= 15 is 0 Å². The minimum atomic E-state index is -0.380. The Labute approximate surface area is 214 Å². The van der Waals surface area contributed by atoms with Gasteiger partial charge in [-0.15, -0.1) is 0 Å². The Morgan fingerprint density at radius 3 is 2.69 bits per heavy atom. The third-order valence-corrected chi connectivity index (χ3v) is 6.61. The van der Waals surface area contributed by atoms with Crippen molar-refractivity contribution in [1.82, 2.24) is 19.7 Å². The summed E-state index contributed by atoms with van der Waals surface area (Å²) < 4.78 is 11.7. The van der Waals surface area contributed by atoms with Gasteiger partial charge in [0.15, 0.2) is 0 Å². The Kier molecular flexibility index (Phi) is 10.1. The number of pyridine rings is 1. The molecule has 0 aromatic carbocycles. The van der Waals surface area contributed by atoms with Gasteiger partial charge in [0.25, 0.3) is 5.91 Å². The van der Waals surface area contributed by atoms with Crippen molar-refractivity contribution in [2.75, 3.05) is 59.6 Å². The van der Waals surface area contributed by atoms with Crippen LogP contribution in [-0.2, 0) is 9.53 Å². The summed E-state index contributed by atoms with van der Waals surface area (Å²) in [6.07, 6.45) is 1.99. The molecule has 3 atom stereocenters. The zero-order chi connectivity index (χ0) is 26.2. The number of nitrogens with zero attached hydrogens (tertiary/aromatic N) is 4. The summed E-state index contributed by atoms with van der Waals surface area (Å²) in [5, 5.41) is 9.83. The summed E-state index contributed by atoms with van der Waals surface area (Å²) in [4.78, 5) is 36.3. The van der Waals surface area contributed by atoms with Gasteiger partial charge in [-0.3, -0.25) is 14.5 Å². The summed E-state index contributed by atoms with van der Waals surface area (Å²) in [6, 6.07) is 1.35. The molecular formula is C27H40N4O5. The second-order valence-electron chi connectivity index (χ2n) is 10.3. The van der Waals surface area contributed by atoms with Crippen molar-refractivity contribution in [3.63, 3.8) is 0 Å². The summed E-state index contributed by atoms with van der Waals surface area (Å²) in [6.45, 7) is 11.7. The summed E-state index contributed by atoms with van der Waals surface area (Å²) in [7, 11) is 1.78. The number of hydrogen-bond donors (Lipinski definition) is 1. The van der Waals surface area contributed by atoms with E-state index in [4.69, 9.17) is 9.47 Å². The molecule has 1 saturated heterocycles. The van der Waals surface area contributed by atoms with Gasteiger partial charge in [0.2, 0.25) is 11.8 Å². The van der Waals surface area contributed by atoms with Crippen LogP contribution in [0.5, 0.6) is 5.88 Å². The van der Waals surface area contributed by atoms with Crippen molar-refractivity contribution in [1.29, 1.82) is 0 Å². The highest BCUT2D eigenvalue weighted by molar-refractivity contribution is 5.97. The molecule has 2 aliphatic heterocycles. The quantitative estimate of drug-likeness (QED) is 0.567. The van der Waals surface area contributed by atoms with E-state index in [1.165, 1.54) is 0 Å². The van der Waals surface area contributed by atoms with E-state index in [2.05, 4.69) is 35.6 Å². The molecule has 1 aromatic rings. The number of morpholine rings is 1. The van der Waals surface area contributed by atoms with Crippen LogP contribution in [0.2, 0.25) is 0 Å². The number of amides is 2. The van der Waals surface area contributed by atoms with Gasteiger partial charge in [-0.2, -0.15) is 0 Å². The number of likely N-dealkylation sites (N-methyl/N-ethyl adjacent to an activating group) is 1. The highest BCUT2D eigenvalue weighted by atomic mass is 16.5. The molecule has 3 heterocycles. The van der Waals surface area contributed by atoms with Crippen molar-refractivity contribution >= 4 is 11.8 Å². The Morgan fingerprint density at radius 2 is 2.03 bits per heavy atom. The molecule has 1 aromatic heterocycles. The fourth-order valence-corrected chi connectivity index (χ4v) is 4.19. The van der Waals surface area contributed by atoms with Gasteiger partial charge >= 0.3 is 0 Å². The maximum absolute atomic E-state index is 13.5. The second-order valence-corrected chi connectivity index (χ2v) is 10.3. The normalized spacial score (nSPS) is 21.5. The fraction of sp³-hybridized carbons (Fsp3) is 0.667. The van der Waals surface area contributed by atoms with E-state index in [-0.39, 0.29) is 42.4 Å². The molecule has 36 heavy (non-hydrogen) atoms. The van der Waals surface area contributed by atoms with E-state index in [1.807, 2.05) is 13.8 Å². The van der Waals surface area contributed by atoms with Crippen LogP contribution in [0.3, 0.4) is 0 Å². The molecule has 0 unspecified atom stereocenters. The molecule has 3 rings (SSSR count). The second kappa shape index (κ2) is 13.0. The smallest absolute Gasteiger partial charge is 0.259 e. The van der Waals surface area contributed by atoms with Gasteiger partial charge < -0.3 is 24.4 Å². The molecule has 0 bridgehead atoms. The van der Waals surface area contributed by atoms with Crippen LogP contribution in [0.25, 0.3) is 0 Å². The highest BCUT2D eigenvalue weighted by Crippen LogP contribution is 2.27. The largest absolute Gasteiger partial charge is 0.472 e. The Hall–Kier alpha value is -2.67. The maximum Gasteiger partial charge on any atom is 0.259 e. The number of carbonyl (C=O) groups excluding carboxylic acids is 2. The van der Waals surface area contributed by atoms with E-state index < -0.39 is 0 Å². The van der Waals surface area contributed by atoms with Gasteiger partial charge in [0.1, 0.15) is 11.7 Å². The molecular weight excluding hydrogens is 460 g/mol. The molecule has 198 valence electrons. The molecule has 0 saturated carbocycles. The number of aromatic nitrogens is 1. The standard InChI is InChI=1S/C27H40N4O5/c1-19(2)7-6-8-22-13-23-26(28-14-22)36-24(20(3)15-31(27(23)34)21(4)18-32)16-29(5)25(33)17-30-9-11-35-12-10-30/h13-14,19-21,24,32H,7,9-12,15-18H2,1-5H3/t20-,21-,24+/m1/s1. The predicted octanol–water partition coefficient (Wildman–Crippen LogP) is 1.49. The van der Waals surface area contributed by atoms with Gasteiger partial charge in [-0.25, -0.2) is 4.98 Å². The maximum atomic E-state index is 13.5. The van der Waals surface area contributed by atoms with Crippen LogP contribution in [0.1, 0.15) is 50.0 Å². The molecule has 0 aliphatic carbocycles. The van der Waals surface area contributed by atoms with Gasteiger partial charge in [0.05, 0.1) is 39.0 Å². The van der Waals surface area contributed by atoms with E-state index in [0.717, 1.165) is 19.5 Å². The predicted molar refractivity (Wildman–Crippen MR) is 137 cm³/mol. The Balaban J connectivity index is 1.83. The SMILES string of the molecule is CC(C)CC#Cc1cnc2c(c1)C(=O)N([C@H](C)CO)C[C@@H](C)[C@H](CN(C)C(=O)CN1CCOCC1)O2. The minimum absolute atomic E-state index is 0.00961. The molecule has 1 fully saturated rings. The van der Waals surface area contributed by atoms with Crippen LogP contribution in [0.4, 0.5) is 0 Å². The molecule has 9 nitrogen and oxygen atoms in total. The first-order valence-electron chi connectivity index (χ1n) is 12.8. The number of aliphatic hydroxyl groups is 1. The lowest BCUT2D eigenvalue weighted by Gasteiger charge is -2.38. The number of rotatable bonds is 7. The number of aliphatic hydroxyl groups excluding tert-OH is 1. The zero-order valence-corrected chi connectivity index (χ0v) is 22.2. The Bertz CT molecular complexity index is 967. The van der Waals surface area contributed by atoms with E-state index in [0.29, 0.717) is 49.9 Å². The third-order valence-electron chi connectivity index (χ3n) is 6.61. The van der Waals surface area contributed by atoms with Gasteiger partial charge in [-0.05, 0) is 18.9 Å². The first-order chi connectivity index (χ1) is 17.2. The average Bonchev–Trinajstić information content (AvgIpc) is 2.86. The van der Waals surface area contributed by atoms with E-state index in [9.17, 15) is 14.7 Å². The van der Waals surface area contributed by atoms with E-state index in [1.54, 1.807) is 29.1 Å². The number of ether oxygens (including phenoxy) is 2. The average molecular weight is 501 g/mol. The molecule has 1 N–H and O–H groups in total. The molecule has 2 aliphatic rings. The van der Waals surface area contributed by atoms with Gasteiger partial charge in [0, 0.05) is 50.8 Å². The zero-order valence-electron chi connectivity index (χ0n) is 22.2. The van der Waals surface area contributed by atoms with Crippen LogP contribution in [-0.4, -0.2) is 108 Å². The van der Waals surface area contributed by atoms with Crippen LogP contribution in [0.15, 0.2) is 12.3 Å². The number of carbonyl (C=O) groups is 2. The topological polar surface area (TPSA) is 95.4 Å². The lowest BCUT2D eigenvalue weighted by molar-refractivity contribution is -0.133. The fourth-order valence-electron chi connectivity index (χ4n) is 4.19. The van der Waals surface area contributed by atoms with Crippen molar-refractivity contribution in [2.24, 2.45) is 11.8 Å². The van der Waals surface area contributed by atoms with Crippen LogP contribution in [0, 0.1) is 23.7 Å². The lowest BCUT2D eigenvalue weighted by Crippen LogP contribution is -2.51. The number of hydrogen-bond acceptors (Lipinski definition) is 7. The van der Waals surface area contributed by atoms with Crippen molar-refractivity contribution in [3.05, 3.63) is 23.4 Å². The summed E-state index contributed by atoms with van der Waals surface area (Å²) in [5.74, 6) is 6.58. The third kappa shape index (κ3) is 7.42. The van der Waals surface area contributed by atoms with Gasteiger partial charge in [-0.1, -0.05) is 32.6 Å². The summed E-state index contributed by atoms with van der Waals surface area (Å²) in [5.41, 5.74) is 0.969. The lowest BCUT2D eigenvalue weighted by atomic mass is 10.00. The van der Waals surface area contributed by atoms with Crippen LogP contribution < -0.4 is 4.74 Å².